The summed E-state index contributed by atoms with van der Waals surface area (Å²) in [7, 11) is 1.61. The first-order chi connectivity index (χ1) is 12.3. The lowest BCUT2D eigenvalue weighted by Gasteiger charge is -2.02. The van der Waals surface area contributed by atoms with Gasteiger partial charge in [0.15, 0.2) is 11.5 Å². The van der Waals surface area contributed by atoms with Crippen molar-refractivity contribution in [1.29, 1.82) is 0 Å². The van der Waals surface area contributed by atoms with Gasteiger partial charge in [-0.15, -0.1) is 0 Å². The number of hydrogen-bond acceptors (Lipinski definition) is 4. The Morgan fingerprint density at radius 3 is 3.08 bits per heavy atom. The lowest BCUT2D eigenvalue weighted by atomic mass is 10.3. The van der Waals surface area contributed by atoms with E-state index >= 15 is 0 Å². The van der Waals surface area contributed by atoms with Crippen LogP contribution in [0.15, 0.2) is 36.9 Å². The molecular formula is C18H21N5O2. The number of nitrogens with zero attached hydrogens (tertiary/aromatic N) is 4. The van der Waals surface area contributed by atoms with E-state index in [1.165, 1.54) is 12.8 Å². The molecule has 7 nitrogen and oxygen atoms in total. The number of hydrogen-bond donors (Lipinski definition) is 1. The second-order valence-electron chi connectivity index (χ2n) is 6.39. The van der Waals surface area contributed by atoms with Gasteiger partial charge in [0.2, 0.25) is 0 Å². The maximum absolute atomic E-state index is 12.5. The maximum atomic E-state index is 12.5. The number of pyridine rings is 1. The van der Waals surface area contributed by atoms with Gasteiger partial charge in [0.05, 0.1) is 18.5 Å². The third-order valence-electron chi connectivity index (χ3n) is 4.38. The van der Waals surface area contributed by atoms with Crippen molar-refractivity contribution in [3.05, 3.63) is 42.6 Å². The van der Waals surface area contributed by atoms with Gasteiger partial charge in [-0.3, -0.25) is 9.20 Å². The van der Waals surface area contributed by atoms with Gasteiger partial charge >= 0.3 is 0 Å². The highest BCUT2D eigenvalue weighted by molar-refractivity contribution is 5.99. The van der Waals surface area contributed by atoms with Gasteiger partial charge in [-0.25, -0.2) is 9.97 Å². The van der Waals surface area contributed by atoms with E-state index in [2.05, 4.69) is 19.9 Å². The van der Waals surface area contributed by atoms with Gasteiger partial charge in [0.1, 0.15) is 5.69 Å². The van der Waals surface area contributed by atoms with Crippen LogP contribution in [0.4, 0.5) is 0 Å². The van der Waals surface area contributed by atoms with E-state index in [0.717, 1.165) is 23.7 Å². The number of ether oxygens (including phenoxy) is 1. The lowest BCUT2D eigenvalue weighted by molar-refractivity contribution is 0.0934. The standard InChI is InChI=1S/C18H21N5O2/c1-25-9-7-19-18(24)16-15-4-2-3-8-23(15)17(21-16)14-11-22(12-20-14)10-13-5-6-13/h2-4,8,11-13H,5-7,9-10H2,1H3,(H,19,24). The third-order valence-corrected chi connectivity index (χ3v) is 4.38. The number of amides is 1. The SMILES string of the molecule is COCCNC(=O)c1nc(-c2cn(CC3CC3)cn2)n2ccccc12. The summed E-state index contributed by atoms with van der Waals surface area (Å²) >= 11 is 0. The average Bonchev–Trinajstić information content (AvgIpc) is 3.17. The molecule has 25 heavy (non-hydrogen) atoms. The summed E-state index contributed by atoms with van der Waals surface area (Å²) in [4.78, 5) is 21.5. The van der Waals surface area contributed by atoms with Crippen LogP contribution >= 0.6 is 0 Å². The highest BCUT2D eigenvalue weighted by Gasteiger charge is 2.23. The second kappa shape index (κ2) is 6.68. The Hall–Kier alpha value is -2.67. The number of aromatic nitrogens is 4. The molecule has 1 aliphatic carbocycles. The number of nitrogens with one attached hydrogen (secondary N) is 1. The molecule has 0 saturated heterocycles. The zero-order chi connectivity index (χ0) is 17.2. The van der Waals surface area contributed by atoms with E-state index in [1.807, 2.05) is 41.3 Å². The third kappa shape index (κ3) is 3.28. The van der Waals surface area contributed by atoms with E-state index in [-0.39, 0.29) is 5.91 Å². The van der Waals surface area contributed by atoms with E-state index in [0.29, 0.717) is 24.7 Å². The molecule has 0 aromatic carbocycles. The van der Waals surface area contributed by atoms with E-state index in [4.69, 9.17) is 4.74 Å². The van der Waals surface area contributed by atoms with Crippen LogP contribution < -0.4 is 5.32 Å². The summed E-state index contributed by atoms with van der Waals surface area (Å²) < 4.78 is 8.99. The van der Waals surface area contributed by atoms with E-state index in [1.54, 1.807) is 7.11 Å². The first-order valence-corrected chi connectivity index (χ1v) is 8.52. The van der Waals surface area contributed by atoms with Gasteiger partial charge in [0, 0.05) is 32.6 Å². The van der Waals surface area contributed by atoms with Crippen LogP contribution in [0.2, 0.25) is 0 Å². The van der Waals surface area contributed by atoms with Crippen molar-refractivity contribution in [3.63, 3.8) is 0 Å². The fraction of sp³-hybridized carbons (Fsp3) is 0.389. The Balaban J connectivity index is 1.66. The fourth-order valence-corrected chi connectivity index (χ4v) is 2.91. The molecule has 3 aromatic heterocycles. The largest absolute Gasteiger partial charge is 0.383 e. The molecule has 1 N–H and O–H groups in total. The lowest BCUT2D eigenvalue weighted by Crippen LogP contribution is -2.27. The molecule has 4 rings (SSSR count). The topological polar surface area (TPSA) is 73.4 Å². The van der Waals surface area contributed by atoms with Crippen LogP contribution in [0, 0.1) is 5.92 Å². The molecule has 0 unspecified atom stereocenters. The molecule has 0 bridgehead atoms. The van der Waals surface area contributed by atoms with Crippen LogP contribution in [0.5, 0.6) is 0 Å². The number of imidazole rings is 2. The zero-order valence-electron chi connectivity index (χ0n) is 14.2. The van der Waals surface area contributed by atoms with Crippen molar-refractivity contribution in [3.8, 4) is 11.5 Å². The molecule has 0 spiro atoms. The van der Waals surface area contributed by atoms with E-state index in [9.17, 15) is 4.79 Å². The Morgan fingerprint density at radius 2 is 2.28 bits per heavy atom. The predicted octanol–water partition coefficient (Wildman–Crippen LogP) is 1.98. The minimum Gasteiger partial charge on any atom is -0.383 e. The van der Waals surface area contributed by atoms with Crippen LogP contribution in [0.25, 0.3) is 17.0 Å². The van der Waals surface area contributed by atoms with Gasteiger partial charge in [-0.05, 0) is 30.9 Å². The molecule has 0 atom stereocenters. The minimum absolute atomic E-state index is 0.204. The summed E-state index contributed by atoms with van der Waals surface area (Å²) in [5, 5.41) is 2.83. The molecule has 1 saturated carbocycles. The van der Waals surface area contributed by atoms with Gasteiger partial charge in [-0.2, -0.15) is 0 Å². The average molecular weight is 339 g/mol. The van der Waals surface area contributed by atoms with Crippen LogP contribution in [-0.2, 0) is 11.3 Å². The Kier molecular flexibility index (Phi) is 4.23. The number of carbonyl (C=O) groups excluding carboxylic acids is 1. The highest BCUT2D eigenvalue weighted by atomic mass is 16.5. The van der Waals surface area contributed by atoms with Gasteiger partial charge in [-0.1, -0.05) is 6.07 Å². The zero-order valence-corrected chi connectivity index (χ0v) is 14.2. The summed E-state index contributed by atoms with van der Waals surface area (Å²) in [6, 6.07) is 5.72. The number of fused-ring (bicyclic) bond motifs is 1. The second-order valence-corrected chi connectivity index (χ2v) is 6.39. The molecule has 3 heterocycles. The first-order valence-electron chi connectivity index (χ1n) is 8.52. The molecule has 130 valence electrons. The minimum atomic E-state index is -0.204. The molecule has 0 radical (unpaired) electrons. The first kappa shape index (κ1) is 15.8. The summed E-state index contributed by atoms with van der Waals surface area (Å²) in [5.41, 5.74) is 1.95. The summed E-state index contributed by atoms with van der Waals surface area (Å²) in [5.74, 6) is 1.26. The van der Waals surface area contributed by atoms with Crippen molar-refractivity contribution < 1.29 is 9.53 Å². The van der Waals surface area contributed by atoms with Gasteiger partial charge in [0.25, 0.3) is 5.91 Å². The highest BCUT2D eigenvalue weighted by Crippen LogP contribution is 2.31. The van der Waals surface area contributed by atoms with Crippen molar-refractivity contribution >= 4 is 11.4 Å². The quantitative estimate of drug-likeness (QED) is 0.668. The molecule has 1 fully saturated rings. The molecule has 7 heteroatoms. The van der Waals surface area contributed by atoms with Crippen molar-refractivity contribution in [2.24, 2.45) is 5.92 Å². The Morgan fingerprint density at radius 1 is 1.40 bits per heavy atom. The smallest absolute Gasteiger partial charge is 0.272 e. The molecule has 1 amide bonds. The molecule has 1 aliphatic rings. The molecular weight excluding hydrogens is 318 g/mol. The predicted molar refractivity (Wildman–Crippen MR) is 93.3 cm³/mol. The number of carbonyl (C=O) groups is 1. The van der Waals surface area contributed by atoms with Crippen LogP contribution in [0.3, 0.4) is 0 Å². The Bertz CT molecular complexity index is 894. The summed E-state index contributed by atoms with van der Waals surface area (Å²) in [6.45, 7) is 1.92. The van der Waals surface area contributed by atoms with Crippen molar-refractivity contribution in [2.45, 2.75) is 19.4 Å². The fourth-order valence-electron chi connectivity index (χ4n) is 2.91. The van der Waals surface area contributed by atoms with E-state index < -0.39 is 0 Å². The molecule has 0 aliphatic heterocycles. The summed E-state index contributed by atoms with van der Waals surface area (Å²) in [6.07, 6.45) is 8.35. The van der Waals surface area contributed by atoms with Crippen molar-refractivity contribution in [1.82, 2.24) is 24.3 Å². The maximum Gasteiger partial charge on any atom is 0.272 e. The normalized spacial score (nSPS) is 14.1. The van der Waals surface area contributed by atoms with Gasteiger partial charge < -0.3 is 14.6 Å². The van der Waals surface area contributed by atoms with Crippen LogP contribution in [0.1, 0.15) is 23.3 Å². The Labute approximate surface area is 145 Å². The number of rotatable bonds is 7. The van der Waals surface area contributed by atoms with Crippen molar-refractivity contribution in [2.75, 3.05) is 20.3 Å². The number of methoxy groups -OCH3 is 1. The van der Waals surface area contributed by atoms with Crippen LogP contribution in [-0.4, -0.2) is 45.1 Å². The molecule has 3 aromatic rings. The monoisotopic (exact) mass is 339 g/mol.